The summed E-state index contributed by atoms with van der Waals surface area (Å²) in [6.45, 7) is 7.49. The van der Waals surface area contributed by atoms with Gasteiger partial charge in [-0.25, -0.2) is 0 Å². The molecule has 1 aromatic carbocycles. The normalized spacial score (nSPS) is 11.3. The van der Waals surface area contributed by atoms with Crippen LogP contribution in [0.5, 0.6) is 0 Å². The van der Waals surface area contributed by atoms with Crippen LogP contribution >= 0.6 is 0 Å². The lowest BCUT2D eigenvalue weighted by Gasteiger charge is -2.26. The molecule has 0 aliphatic carbocycles. The molecule has 0 unspecified atom stereocenters. The number of aromatic nitrogens is 1. The Morgan fingerprint density at radius 2 is 1.83 bits per heavy atom. The molecule has 0 bridgehead atoms. The number of anilines is 1. The topological polar surface area (TPSA) is 24.9 Å². The number of rotatable bonds is 4. The first-order chi connectivity index (χ1) is 8.59. The van der Waals surface area contributed by atoms with Gasteiger partial charge in [0, 0.05) is 30.0 Å². The monoisotopic (exact) mass is 240 g/mol. The van der Waals surface area contributed by atoms with Gasteiger partial charge in [0.15, 0.2) is 0 Å². The Kier molecular flexibility index (Phi) is 3.66. The van der Waals surface area contributed by atoms with E-state index >= 15 is 0 Å². The van der Waals surface area contributed by atoms with E-state index in [1.807, 2.05) is 18.5 Å². The van der Waals surface area contributed by atoms with E-state index in [9.17, 15) is 0 Å². The molecule has 1 heterocycles. The van der Waals surface area contributed by atoms with Crippen LogP contribution in [0, 0.1) is 6.92 Å². The molecule has 1 aromatic heterocycles. The Hall–Kier alpha value is -1.83. The van der Waals surface area contributed by atoms with Crippen LogP contribution in [-0.4, -0.2) is 11.5 Å². The quantitative estimate of drug-likeness (QED) is 0.879. The van der Waals surface area contributed by atoms with E-state index in [0.717, 1.165) is 12.2 Å². The molecule has 0 saturated carbocycles. The van der Waals surface area contributed by atoms with Crippen molar-refractivity contribution in [1.82, 2.24) is 4.98 Å². The maximum atomic E-state index is 4.11. The fourth-order valence-electron chi connectivity index (χ4n) is 1.98. The molecule has 0 amide bonds. The molecule has 94 valence electrons. The molecule has 0 saturated heterocycles. The Balaban J connectivity index is 2.08. The predicted octanol–water partition coefficient (Wildman–Crippen LogP) is 3.78. The van der Waals surface area contributed by atoms with Crippen LogP contribution in [0.4, 0.5) is 5.69 Å². The number of nitrogens with one attached hydrogen (secondary N) is 1. The summed E-state index contributed by atoms with van der Waals surface area (Å²) < 4.78 is 0. The van der Waals surface area contributed by atoms with Crippen molar-refractivity contribution in [3.63, 3.8) is 0 Å². The molecule has 2 nitrogen and oxygen atoms in total. The fourth-order valence-corrected chi connectivity index (χ4v) is 1.98. The molecule has 2 heteroatoms. The Morgan fingerprint density at radius 1 is 1.11 bits per heavy atom. The highest BCUT2D eigenvalue weighted by atomic mass is 14.9. The van der Waals surface area contributed by atoms with Gasteiger partial charge in [-0.15, -0.1) is 0 Å². The SMILES string of the molecule is Cc1cnccc1NCC(C)(C)c1ccccc1. The molecule has 2 rings (SSSR count). The number of benzene rings is 1. The highest BCUT2D eigenvalue weighted by Gasteiger charge is 2.19. The second-order valence-electron chi connectivity index (χ2n) is 5.29. The zero-order valence-electron chi connectivity index (χ0n) is 11.3. The van der Waals surface area contributed by atoms with E-state index in [-0.39, 0.29) is 5.41 Å². The molecule has 2 aromatic rings. The molecule has 0 aliphatic rings. The molecule has 0 fully saturated rings. The largest absolute Gasteiger partial charge is 0.384 e. The van der Waals surface area contributed by atoms with E-state index < -0.39 is 0 Å². The van der Waals surface area contributed by atoms with Crippen molar-refractivity contribution in [1.29, 1.82) is 0 Å². The van der Waals surface area contributed by atoms with Crippen molar-refractivity contribution in [3.8, 4) is 0 Å². The van der Waals surface area contributed by atoms with Gasteiger partial charge < -0.3 is 5.32 Å². The summed E-state index contributed by atoms with van der Waals surface area (Å²) in [7, 11) is 0. The van der Waals surface area contributed by atoms with Crippen molar-refractivity contribution in [2.75, 3.05) is 11.9 Å². The second-order valence-corrected chi connectivity index (χ2v) is 5.29. The summed E-state index contributed by atoms with van der Waals surface area (Å²) in [4.78, 5) is 4.11. The first-order valence-corrected chi connectivity index (χ1v) is 6.29. The van der Waals surface area contributed by atoms with Crippen LogP contribution in [0.1, 0.15) is 25.0 Å². The maximum Gasteiger partial charge on any atom is 0.0401 e. The predicted molar refractivity (Wildman–Crippen MR) is 76.9 cm³/mol. The molecule has 0 spiro atoms. The average Bonchev–Trinajstić information content (AvgIpc) is 2.39. The minimum Gasteiger partial charge on any atom is -0.384 e. The van der Waals surface area contributed by atoms with Gasteiger partial charge in [0.1, 0.15) is 0 Å². The minimum atomic E-state index is 0.108. The van der Waals surface area contributed by atoms with Crippen LogP contribution in [0.25, 0.3) is 0 Å². The molecule has 1 N–H and O–H groups in total. The third kappa shape index (κ3) is 2.89. The standard InChI is InChI=1S/C16H20N2/c1-13-11-17-10-9-15(13)18-12-16(2,3)14-7-5-4-6-8-14/h4-11H,12H2,1-3H3,(H,17,18). The Labute approximate surface area is 109 Å². The second kappa shape index (κ2) is 5.21. The van der Waals surface area contributed by atoms with Crippen molar-refractivity contribution >= 4 is 5.69 Å². The van der Waals surface area contributed by atoms with Gasteiger partial charge in [-0.1, -0.05) is 44.2 Å². The minimum absolute atomic E-state index is 0.108. The van der Waals surface area contributed by atoms with E-state index in [2.05, 4.69) is 61.4 Å². The molecular formula is C16H20N2. The summed E-state index contributed by atoms with van der Waals surface area (Å²) in [6.07, 6.45) is 3.71. The number of pyridine rings is 1. The molecule has 0 aliphatic heterocycles. The lowest BCUT2D eigenvalue weighted by Crippen LogP contribution is -2.27. The first kappa shape index (κ1) is 12.6. The van der Waals surface area contributed by atoms with Gasteiger partial charge in [-0.05, 0) is 24.1 Å². The average molecular weight is 240 g/mol. The zero-order chi connectivity index (χ0) is 13.0. The highest BCUT2D eigenvalue weighted by Crippen LogP contribution is 2.24. The van der Waals surface area contributed by atoms with E-state index in [4.69, 9.17) is 0 Å². The number of aryl methyl sites for hydroxylation is 1. The third-order valence-corrected chi connectivity index (χ3v) is 3.30. The number of nitrogens with zero attached hydrogens (tertiary/aromatic N) is 1. The molecule has 0 radical (unpaired) electrons. The summed E-state index contributed by atoms with van der Waals surface area (Å²) in [5.41, 5.74) is 3.80. The van der Waals surface area contributed by atoms with Gasteiger partial charge in [0.05, 0.1) is 0 Å². The number of hydrogen-bond donors (Lipinski definition) is 1. The summed E-state index contributed by atoms with van der Waals surface area (Å²) >= 11 is 0. The van der Waals surface area contributed by atoms with Crippen LogP contribution < -0.4 is 5.32 Å². The fraction of sp³-hybridized carbons (Fsp3) is 0.312. The Morgan fingerprint density at radius 3 is 2.50 bits per heavy atom. The van der Waals surface area contributed by atoms with E-state index in [1.165, 1.54) is 11.1 Å². The van der Waals surface area contributed by atoms with Crippen LogP contribution in [-0.2, 0) is 5.41 Å². The van der Waals surface area contributed by atoms with Gasteiger partial charge in [0.25, 0.3) is 0 Å². The van der Waals surface area contributed by atoms with Gasteiger partial charge in [-0.2, -0.15) is 0 Å². The molecule has 18 heavy (non-hydrogen) atoms. The lowest BCUT2D eigenvalue weighted by molar-refractivity contribution is 0.557. The third-order valence-electron chi connectivity index (χ3n) is 3.30. The van der Waals surface area contributed by atoms with Crippen LogP contribution in [0.15, 0.2) is 48.8 Å². The summed E-state index contributed by atoms with van der Waals surface area (Å²) in [5.74, 6) is 0. The van der Waals surface area contributed by atoms with Gasteiger partial charge in [-0.3, -0.25) is 4.98 Å². The van der Waals surface area contributed by atoms with Gasteiger partial charge in [0.2, 0.25) is 0 Å². The molecular weight excluding hydrogens is 220 g/mol. The van der Waals surface area contributed by atoms with Crippen molar-refractivity contribution < 1.29 is 0 Å². The summed E-state index contributed by atoms with van der Waals surface area (Å²) in [6, 6.07) is 12.6. The summed E-state index contributed by atoms with van der Waals surface area (Å²) in [5, 5.41) is 3.51. The zero-order valence-corrected chi connectivity index (χ0v) is 11.3. The van der Waals surface area contributed by atoms with Crippen molar-refractivity contribution in [2.24, 2.45) is 0 Å². The number of hydrogen-bond acceptors (Lipinski definition) is 2. The van der Waals surface area contributed by atoms with E-state index in [1.54, 1.807) is 0 Å². The van der Waals surface area contributed by atoms with Crippen LogP contribution in [0.2, 0.25) is 0 Å². The van der Waals surface area contributed by atoms with Crippen molar-refractivity contribution in [2.45, 2.75) is 26.2 Å². The highest BCUT2D eigenvalue weighted by molar-refractivity contribution is 5.49. The van der Waals surface area contributed by atoms with Crippen molar-refractivity contribution in [3.05, 3.63) is 59.9 Å². The smallest absolute Gasteiger partial charge is 0.0401 e. The van der Waals surface area contributed by atoms with Gasteiger partial charge >= 0.3 is 0 Å². The Bertz CT molecular complexity index is 504. The lowest BCUT2D eigenvalue weighted by atomic mass is 9.84. The first-order valence-electron chi connectivity index (χ1n) is 6.29. The van der Waals surface area contributed by atoms with E-state index in [0.29, 0.717) is 0 Å². The maximum absolute atomic E-state index is 4.11. The molecule has 0 atom stereocenters. The van der Waals surface area contributed by atoms with Crippen LogP contribution in [0.3, 0.4) is 0 Å².